The summed E-state index contributed by atoms with van der Waals surface area (Å²) in [5.74, 6) is 0. The quantitative estimate of drug-likeness (QED) is 0.787. The molecule has 0 aliphatic heterocycles. The van der Waals surface area contributed by atoms with Crippen molar-refractivity contribution < 1.29 is 4.74 Å². The lowest BCUT2D eigenvalue weighted by Crippen LogP contribution is -2.26. The summed E-state index contributed by atoms with van der Waals surface area (Å²) in [5, 5.41) is 4.67. The number of nitrogens with zero attached hydrogens (tertiary/aromatic N) is 1. The number of ether oxygens (including phenoxy) is 1. The molecular formula is C16H28N2OS. The predicted molar refractivity (Wildman–Crippen MR) is 85.3 cm³/mol. The normalized spacial score (nSPS) is 17.8. The van der Waals surface area contributed by atoms with Crippen LogP contribution in [0.25, 0.3) is 0 Å². The zero-order valence-electron chi connectivity index (χ0n) is 13.1. The van der Waals surface area contributed by atoms with Gasteiger partial charge in [0.05, 0.1) is 5.69 Å². The summed E-state index contributed by atoms with van der Waals surface area (Å²) in [6, 6.07) is 0. The van der Waals surface area contributed by atoms with Gasteiger partial charge in [-0.2, -0.15) is 0 Å². The molecule has 1 fully saturated rings. The van der Waals surface area contributed by atoms with Crippen molar-refractivity contribution in [3.8, 4) is 0 Å². The standard InChI is InChI=1S/C16H28N2OS/c1-4-9-13-14(12-17-5-2)20-15(18-13)16(19-6-3)10-7-8-11-16/h17H,4-12H2,1-3H3. The van der Waals surface area contributed by atoms with E-state index in [1.165, 1.54) is 28.4 Å². The van der Waals surface area contributed by atoms with Crippen LogP contribution in [-0.4, -0.2) is 18.1 Å². The molecule has 0 spiro atoms. The maximum Gasteiger partial charge on any atom is 0.125 e. The number of rotatable bonds is 8. The van der Waals surface area contributed by atoms with Crippen LogP contribution in [0.15, 0.2) is 0 Å². The fraction of sp³-hybridized carbons (Fsp3) is 0.812. The summed E-state index contributed by atoms with van der Waals surface area (Å²) < 4.78 is 6.15. The molecule has 0 amide bonds. The molecule has 114 valence electrons. The molecule has 0 atom stereocenters. The zero-order chi connectivity index (χ0) is 14.4. The van der Waals surface area contributed by atoms with Crippen LogP contribution in [0.3, 0.4) is 0 Å². The Bertz CT molecular complexity index is 411. The third-order valence-electron chi connectivity index (χ3n) is 4.02. The monoisotopic (exact) mass is 296 g/mol. The highest BCUT2D eigenvalue weighted by molar-refractivity contribution is 7.11. The fourth-order valence-electron chi connectivity index (χ4n) is 3.03. The molecule has 20 heavy (non-hydrogen) atoms. The smallest absolute Gasteiger partial charge is 0.125 e. The summed E-state index contributed by atoms with van der Waals surface area (Å²) in [4.78, 5) is 6.39. The lowest BCUT2D eigenvalue weighted by molar-refractivity contribution is -0.0392. The summed E-state index contributed by atoms with van der Waals surface area (Å²) in [5.41, 5.74) is 1.21. The molecule has 1 saturated carbocycles. The van der Waals surface area contributed by atoms with Crippen molar-refractivity contribution in [2.45, 2.75) is 71.4 Å². The summed E-state index contributed by atoms with van der Waals surface area (Å²) in [6.07, 6.45) is 7.06. The van der Waals surface area contributed by atoms with Crippen molar-refractivity contribution in [3.63, 3.8) is 0 Å². The van der Waals surface area contributed by atoms with Crippen molar-refractivity contribution >= 4 is 11.3 Å². The van der Waals surface area contributed by atoms with E-state index < -0.39 is 0 Å². The second-order valence-corrected chi connectivity index (χ2v) is 6.64. The third-order valence-corrected chi connectivity index (χ3v) is 5.31. The van der Waals surface area contributed by atoms with Crippen LogP contribution in [0.2, 0.25) is 0 Å². The molecule has 1 aromatic heterocycles. The van der Waals surface area contributed by atoms with E-state index in [1.807, 2.05) is 11.3 Å². The van der Waals surface area contributed by atoms with Crippen LogP contribution in [0.4, 0.5) is 0 Å². The Morgan fingerprint density at radius 3 is 2.60 bits per heavy atom. The topological polar surface area (TPSA) is 34.1 Å². The first kappa shape index (κ1) is 15.9. The highest BCUT2D eigenvalue weighted by Gasteiger charge is 2.39. The van der Waals surface area contributed by atoms with E-state index in [1.54, 1.807) is 0 Å². The Hall–Kier alpha value is -0.450. The number of aryl methyl sites for hydroxylation is 1. The number of hydrogen-bond donors (Lipinski definition) is 1. The highest BCUT2D eigenvalue weighted by atomic mass is 32.1. The Balaban J connectivity index is 2.25. The van der Waals surface area contributed by atoms with Gasteiger partial charge in [-0.1, -0.05) is 33.1 Å². The Kier molecular flexibility index (Phi) is 6.00. The van der Waals surface area contributed by atoms with Gasteiger partial charge in [0, 0.05) is 18.0 Å². The van der Waals surface area contributed by atoms with E-state index in [4.69, 9.17) is 9.72 Å². The molecule has 1 aromatic rings. The molecule has 1 aliphatic carbocycles. The van der Waals surface area contributed by atoms with Crippen molar-refractivity contribution in [1.29, 1.82) is 0 Å². The van der Waals surface area contributed by atoms with Gasteiger partial charge >= 0.3 is 0 Å². The number of thiazole rings is 1. The average Bonchev–Trinajstić information content (AvgIpc) is 3.05. The van der Waals surface area contributed by atoms with E-state index >= 15 is 0 Å². The Morgan fingerprint density at radius 1 is 1.25 bits per heavy atom. The van der Waals surface area contributed by atoms with Gasteiger partial charge < -0.3 is 10.1 Å². The lowest BCUT2D eigenvalue weighted by atomic mass is 10.0. The molecule has 2 rings (SSSR count). The SMILES string of the molecule is CCCc1nc(C2(OCC)CCCC2)sc1CNCC. The van der Waals surface area contributed by atoms with Crippen LogP contribution in [0.1, 0.15) is 68.5 Å². The predicted octanol–water partition coefficient (Wildman–Crippen LogP) is 4.01. The van der Waals surface area contributed by atoms with E-state index in [-0.39, 0.29) is 5.60 Å². The van der Waals surface area contributed by atoms with Gasteiger partial charge in [-0.25, -0.2) is 4.98 Å². The molecule has 3 nitrogen and oxygen atoms in total. The highest BCUT2D eigenvalue weighted by Crippen LogP contribution is 2.44. The maximum absolute atomic E-state index is 6.15. The van der Waals surface area contributed by atoms with Crippen LogP contribution in [0, 0.1) is 0 Å². The van der Waals surface area contributed by atoms with E-state index in [2.05, 4.69) is 26.1 Å². The molecule has 0 unspecified atom stereocenters. The number of aromatic nitrogens is 1. The first-order valence-corrected chi connectivity index (χ1v) is 8.91. The number of nitrogens with one attached hydrogen (secondary N) is 1. The molecule has 1 heterocycles. The average molecular weight is 296 g/mol. The Morgan fingerprint density at radius 2 is 2.00 bits per heavy atom. The summed E-state index contributed by atoms with van der Waals surface area (Å²) in [6.45, 7) is 9.22. The molecule has 0 aromatic carbocycles. The second kappa shape index (κ2) is 7.53. The van der Waals surface area contributed by atoms with Gasteiger partial charge in [0.25, 0.3) is 0 Å². The van der Waals surface area contributed by atoms with Crippen LogP contribution >= 0.6 is 11.3 Å². The van der Waals surface area contributed by atoms with Crippen molar-refractivity contribution in [2.75, 3.05) is 13.2 Å². The van der Waals surface area contributed by atoms with E-state index in [9.17, 15) is 0 Å². The summed E-state index contributed by atoms with van der Waals surface area (Å²) in [7, 11) is 0. The summed E-state index contributed by atoms with van der Waals surface area (Å²) >= 11 is 1.88. The van der Waals surface area contributed by atoms with Crippen molar-refractivity contribution in [1.82, 2.24) is 10.3 Å². The minimum Gasteiger partial charge on any atom is -0.368 e. The van der Waals surface area contributed by atoms with Crippen molar-refractivity contribution in [3.05, 3.63) is 15.6 Å². The molecule has 4 heteroatoms. The van der Waals surface area contributed by atoms with Crippen LogP contribution in [0.5, 0.6) is 0 Å². The Labute approximate surface area is 127 Å². The molecule has 1 aliphatic rings. The largest absolute Gasteiger partial charge is 0.368 e. The maximum atomic E-state index is 6.15. The van der Waals surface area contributed by atoms with E-state index in [0.717, 1.165) is 45.4 Å². The molecular weight excluding hydrogens is 268 g/mol. The van der Waals surface area contributed by atoms with Crippen LogP contribution < -0.4 is 5.32 Å². The first-order chi connectivity index (χ1) is 9.75. The zero-order valence-corrected chi connectivity index (χ0v) is 13.9. The molecule has 0 bridgehead atoms. The molecule has 1 N–H and O–H groups in total. The fourth-order valence-corrected chi connectivity index (χ4v) is 4.31. The van der Waals surface area contributed by atoms with Gasteiger partial charge in [-0.3, -0.25) is 0 Å². The van der Waals surface area contributed by atoms with Gasteiger partial charge in [0.2, 0.25) is 0 Å². The van der Waals surface area contributed by atoms with Gasteiger partial charge in [0.15, 0.2) is 0 Å². The van der Waals surface area contributed by atoms with Gasteiger partial charge in [0.1, 0.15) is 10.6 Å². The third kappa shape index (κ3) is 3.41. The van der Waals surface area contributed by atoms with E-state index in [0.29, 0.717) is 0 Å². The molecule has 0 saturated heterocycles. The lowest BCUT2D eigenvalue weighted by Gasteiger charge is -2.26. The second-order valence-electron chi connectivity index (χ2n) is 5.55. The molecule has 0 radical (unpaired) electrons. The minimum absolute atomic E-state index is 0.0770. The first-order valence-electron chi connectivity index (χ1n) is 8.09. The van der Waals surface area contributed by atoms with Gasteiger partial charge in [-0.15, -0.1) is 11.3 Å². The van der Waals surface area contributed by atoms with Crippen LogP contribution in [-0.2, 0) is 23.3 Å². The van der Waals surface area contributed by atoms with Gasteiger partial charge in [-0.05, 0) is 32.7 Å². The van der Waals surface area contributed by atoms with Crippen molar-refractivity contribution in [2.24, 2.45) is 0 Å². The number of hydrogen-bond acceptors (Lipinski definition) is 4. The minimum atomic E-state index is -0.0770.